The second kappa shape index (κ2) is 5.69. The van der Waals surface area contributed by atoms with Gasteiger partial charge in [0.25, 0.3) is 0 Å². The number of aromatic nitrogens is 4. The van der Waals surface area contributed by atoms with Gasteiger partial charge in [-0.15, -0.1) is 0 Å². The molecule has 20 heavy (non-hydrogen) atoms. The van der Waals surface area contributed by atoms with Gasteiger partial charge in [-0.1, -0.05) is 12.1 Å². The number of hydrogen-bond donors (Lipinski definition) is 2. The summed E-state index contributed by atoms with van der Waals surface area (Å²) in [4.78, 5) is 8.69. The van der Waals surface area contributed by atoms with Gasteiger partial charge in [0, 0.05) is 23.8 Å². The molecule has 0 bridgehead atoms. The highest BCUT2D eigenvalue weighted by Crippen LogP contribution is 2.21. The molecule has 2 aromatic heterocycles. The monoisotopic (exact) mass is 267 g/mol. The molecule has 2 N–H and O–H groups in total. The third-order valence-electron chi connectivity index (χ3n) is 3.34. The Bertz CT molecular complexity index is 691. The predicted octanol–water partition coefficient (Wildman–Crippen LogP) is 2.71. The predicted molar refractivity (Wildman–Crippen MR) is 79.7 cm³/mol. The van der Waals surface area contributed by atoms with Crippen LogP contribution < -0.4 is 5.32 Å². The van der Waals surface area contributed by atoms with Gasteiger partial charge in [0.05, 0.1) is 5.52 Å². The van der Waals surface area contributed by atoms with E-state index >= 15 is 0 Å². The Hall–Kier alpha value is -2.43. The molecule has 0 aliphatic heterocycles. The summed E-state index contributed by atoms with van der Waals surface area (Å²) < 4.78 is 0. The molecular formula is C15H17N5. The van der Waals surface area contributed by atoms with Crippen LogP contribution in [0.1, 0.15) is 17.7 Å². The fraction of sp³-hybridized carbons (Fsp3) is 0.267. The van der Waals surface area contributed by atoms with Gasteiger partial charge in [0.2, 0.25) is 0 Å². The van der Waals surface area contributed by atoms with Gasteiger partial charge >= 0.3 is 0 Å². The number of hydrogen-bond acceptors (Lipinski definition) is 4. The average Bonchev–Trinajstić information content (AvgIpc) is 2.98. The quantitative estimate of drug-likeness (QED) is 0.697. The van der Waals surface area contributed by atoms with Crippen molar-refractivity contribution in [3.63, 3.8) is 0 Å². The van der Waals surface area contributed by atoms with E-state index in [9.17, 15) is 0 Å². The third kappa shape index (κ3) is 2.61. The molecule has 0 fully saturated rings. The van der Waals surface area contributed by atoms with Gasteiger partial charge in [-0.25, -0.2) is 9.97 Å². The van der Waals surface area contributed by atoms with Gasteiger partial charge in [0.1, 0.15) is 12.1 Å². The minimum absolute atomic E-state index is 0.874. The van der Waals surface area contributed by atoms with Crippen LogP contribution in [0.25, 0.3) is 10.9 Å². The zero-order valence-electron chi connectivity index (χ0n) is 11.4. The molecule has 102 valence electrons. The van der Waals surface area contributed by atoms with Gasteiger partial charge in [0.15, 0.2) is 0 Å². The van der Waals surface area contributed by atoms with E-state index in [1.807, 2.05) is 12.1 Å². The molecule has 0 radical (unpaired) electrons. The van der Waals surface area contributed by atoms with Gasteiger partial charge in [-0.3, -0.25) is 5.10 Å². The Morgan fingerprint density at radius 1 is 1.20 bits per heavy atom. The molecule has 2 heterocycles. The van der Waals surface area contributed by atoms with E-state index in [-0.39, 0.29) is 0 Å². The minimum Gasteiger partial charge on any atom is -0.369 e. The molecule has 0 saturated heterocycles. The highest BCUT2D eigenvalue weighted by atomic mass is 15.1. The number of H-pyrrole nitrogens is 1. The van der Waals surface area contributed by atoms with Crippen molar-refractivity contribution in [3.05, 3.63) is 48.0 Å². The van der Waals surface area contributed by atoms with Crippen LogP contribution in [0.5, 0.6) is 0 Å². The van der Waals surface area contributed by atoms with Gasteiger partial charge in [-0.2, -0.15) is 5.10 Å². The summed E-state index contributed by atoms with van der Waals surface area (Å²) in [6.45, 7) is 2.94. The summed E-state index contributed by atoms with van der Waals surface area (Å²) in [7, 11) is 0. The molecule has 0 atom stereocenters. The molecule has 0 saturated carbocycles. The molecule has 0 aliphatic carbocycles. The lowest BCUT2D eigenvalue weighted by molar-refractivity contribution is 0.824. The molecular weight excluding hydrogens is 250 g/mol. The Balaban J connectivity index is 1.67. The molecule has 0 amide bonds. The lowest BCUT2D eigenvalue weighted by Crippen LogP contribution is -2.06. The molecule has 0 unspecified atom stereocenters. The highest BCUT2D eigenvalue weighted by Gasteiger charge is 2.04. The number of para-hydroxylation sites is 1. The third-order valence-corrected chi connectivity index (χ3v) is 3.34. The van der Waals surface area contributed by atoms with Crippen LogP contribution in [0.3, 0.4) is 0 Å². The molecule has 0 spiro atoms. The standard InChI is InChI=1S/C15H17N5/c1-11-4-2-6-13-14(11)17-10-18-15(13)16-8-3-5-12-7-9-19-20-12/h2,4,6-7,9-10H,3,5,8H2,1H3,(H,19,20)(H,16,17,18). The smallest absolute Gasteiger partial charge is 0.137 e. The minimum atomic E-state index is 0.874. The summed E-state index contributed by atoms with van der Waals surface area (Å²) in [5.41, 5.74) is 3.35. The number of nitrogens with zero attached hydrogens (tertiary/aromatic N) is 3. The number of aryl methyl sites for hydroxylation is 2. The number of fused-ring (bicyclic) bond motifs is 1. The average molecular weight is 267 g/mol. The highest BCUT2D eigenvalue weighted by molar-refractivity contribution is 5.90. The first-order valence-corrected chi connectivity index (χ1v) is 6.77. The van der Waals surface area contributed by atoms with Crippen LogP contribution in [-0.4, -0.2) is 26.7 Å². The molecule has 3 aromatic rings. The van der Waals surface area contributed by atoms with E-state index in [1.54, 1.807) is 12.5 Å². The van der Waals surface area contributed by atoms with Crippen molar-refractivity contribution in [1.29, 1.82) is 0 Å². The fourth-order valence-electron chi connectivity index (χ4n) is 2.29. The summed E-state index contributed by atoms with van der Waals surface area (Å²) >= 11 is 0. The lowest BCUT2D eigenvalue weighted by Gasteiger charge is -2.08. The number of nitrogens with one attached hydrogen (secondary N) is 2. The molecule has 3 rings (SSSR count). The number of aromatic amines is 1. The van der Waals surface area contributed by atoms with Crippen molar-refractivity contribution < 1.29 is 0 Å². The maximum Gasteiger partial charge on any atom is 0.137 e. The van der Waals surface area contributed by atoms with Crippen molar-refractivity contribution in [1.82, 2.24) is 20.2 Å². The summed E-state index contributed by atoms with van der Waals surface area (Å²) in [6.07, 6.45) is 5.41. The van der Waals surface area contributed by atoms with Crippen molar-refractivity contribution in [2.75, 3.05) is 11.9 Å². The van der Waals surface area contributed by atoms with Crippen LogP contribution in [0.15, 0.2) is 36.8 Å². The van der Waals surface area contributed by atoms with Gasteiger partial charge in [-0.05, 0) is 37.5 Å². The summed E-state index contributed by atoms with van der Waals surface area (Å²) in [6, 6.07) is 8.16. The van der Waals surface area contributed by atoms with Crippen LogP contribution in [0.2, 0.25) is 0 Å². The Kier molecular flexibility index (Phi) is 3.58. The molecule has 5 nitrogen and oxygen atoms in total. The SMILES string of the molecule is Cc1cccc2c(NCCCc3ccn[nH]3)ncnc12. The first-order valence-electron chi connectivity index (χ1n) is 6.77. The van der Waals surface area contributed by atoms with E-state index in [1.165, 1.54) is 5.56 Å². The fourth-order valence-corrected chi connectivity index (χ4v) is 2.29. The van der Waals surface area contributed by atoms with Gasteiger partial charge < -0.3 is 5.32 Å². The van der Waals surface area contributed by atoms with Crippen LogP contribution in [-0.2, 0) is 6.42 Å². The first kappa shape index (κ1) is 12.6. The number of anilines is 1. The maximum atomic E-state index is 4.35. The van der Waals surface area contributed by atoms with Crippen molar-refractivity contribution in [2.24, 2.45) is 0 Å². The van der Waals surface area contributed by atoms with E-state index in [2.05, 4.69) is 44.5 Å². The lowest BCUT2D eigenvalue weighted by atomic mass is 10.1. The Labute approximate surface area is 117 Å². The second-order valence-corrected chi connectivity index (χ2v) is 4.81. The van der Waals surface area contributed by atoms with Crippen molar-refractivity contribution >= 4 is 16.7 Å². The summed E-state index contributed by atoms with van der Waals surface area (Å²) in [5.74, 6) is 0.906. The van der Waals surface area contributed by atoms with Crippen molar-refractivity contribution in [2.45, 2.75) is 19.8 Å². The zero-order valence-corrected chi connectivity index (χ0v) is 11.4. The maximum absolute atomic E-state index is 4.35. The largest absolute Gasteiger partial charge is 0.369 e. The summed E-state index contributed by atoms with van der Waals surface area (Å²) in [5, 5.41) is 11.4. The number of rotatable bonds is 5. The van der Waals surface area contributed by atoms with Crippen LogP contribution in [0.4, 0.5) is 5.82 Å². The van der Waals surface area contributed by atoms with E-state index in [0.717, 1.165) is 41.8 Å². The van der Waals surface area contributed by atoms with E-state index < -0.39 is 0 Å². The second-order valence-electron chi connectivity index (χ2n) is 4.81. The Morgan fingerprint density at radius 2 is 2.15 bits per heavy atom. The molecule has 5 heteroatoms. The van der Waals surface area contributed by atoms with E-state index in [0.29, 0.717) is 0 Å². The normalized spacial score (nSPS) is 10.8. The number of benzene rings is 1. The van der Waals surface area contributed by atoms with E-state index in [4.69, 9.17) is 0 Å². The van der Waals surface area contributed by atoms with Crippen LogP contribution >= 0.6 is 0 Å². The topological polar surface area (TPSA) is 66.5 Å². The molecule has 1 aromatic carbocycles. The molecule has 0 aliphatic rings. The zero-order chi connectivity index (χ0) is 13.8. The Morgan fingerprint density at radius 3 is 3.00 bits per heavy atom. The first-order chi connectivity index (χ1) is 9.84. The van der Waals surface area contributed by atoms with Crippen molar-refractivity contribution in [3.8, 4) is 0 Å². The van der Waals surface area contributed by atoms with Crippen LogP contribution in [0, 0.1) is 6.92 Å².